The van der Waals surface area contributed by atoms with E-state index in [-0.39, 0.29) is 22.9 Å². The number of amides is 2. The first-order valence-electron chi connectivity index (χ1n) is 17.0. The highest BCUT2D eigenvalue weighted by Gasteiger charge is 2.30. The third-order valence-electron chi connectivity index (χ3n) is 9.35. The minimum absolute atomic E-state index is 0.138. The number of fused-ring (bicyclic) bond motifs is 1. The van der Waals surface area contributed by atoms with Gasteiger partial charge in [-0.15, -0.1) is 0 Å². The van der Waals surface area contributed by atoms with Crippen molar-refractivity contribution >= 4 is 28.4 Å². The number of aromatic nitrogens is 3. The molecule has 11 nitrogen and oxygen atoms in total. The lowest BCUT2D eigenvalue weighted by atomic mass is 9.83. The number of benzene rings is 3. The molecule has 6 aromatic rings. The van der Waals surface area contributed by atoms with Gasteiger partial charge in [-0.25, -0.2) is 4.98 Å². The van der Waals surface area contributed by atoms with Crippen LogP contribution in [0.25, 0.3) is 33.3 Å². The Morgan fingerprint density at radius 3 is 2.47 bits per heavy atom. The lowest BCUT2D eigenvalue weighted by Crippen LogP contribution is -2.34. The van der Waals surface area contributed by atoms with E-state index in [0.29, 0.717) is 54.8 Å². The zero-order valence-electron chi connectivity index (χ0n) is 28.5. The number of nitrogens with zero attached hydrogens (tertiary/aromatic N) is 3. The summed E-state index contributed by atoms with van der Waals surface area (Å²) in [5, 5.41) is 3.71. The molecule has 1 fully saturated rings. The summed E-state index contributed by atoms with van der Waals surface area (Å²) in [5.74, 6) is -0.00120. The summed E-state index contributed by atoms with van der Waals surface area (Å²) >= 11 is 0. The van der Waals surface area contributed by atoms with Crippen molar-refractivity contribution < 1.29 is 23.6 Å². The van der Waals surface area contributed by atoms with Gasteiger partial charge in [-0.3, -0.25) is 14.4 Å². The molecule has 0 aliphatic heterocycles. The number of anilines is 1. The Bertz CT molecular complexity index is 2250. The van der Waals surface area contributed by atoms with Gasteiger partial charge in [0, 0.05) is 42.1 Å². The zero-order valence-corrected chi connectivity index (χ0v) is 28.5. The molecule has 0 atom stereocenters. The number of ether oxygens (including phenoxy) is 2. The summed E-state index contributed by atoms with van der Waals surface area (Å²) in [7, 11) is 1.59. The van der Waals surface area contributed by atoms with Crippen molar-refractivity contribution in [2.45, 2.75) is 39.0 Å². The van der Waals surface area contributed by atoms with E-state index in [9.17, 15) is 14.4 Å². The number of rotatable bonds is 13. The van der Waals surface area contributed by atoms with Gasteiger partial charge in [0.05, 0.1) is 37.0 Å². The van der Waals surface area contributed by atoms with E-state index in [1.807, 2.05) is 54.6 Å². The fourth-order valence-electron chi connectivity index (χ4n) is 6.70. The Kier molecular flexibility index (Phi) is 9.65. The molecule has 1 aliphatic rings. The summed E-state index contributed by atoms with van der Waals surface area (Å²) in [5.41, 5.74) is 11.1. The maximum absolute atomic E-state index is 13.7. The van der Waals surface area contributed by atoms with Crippen LogP contribution in [-0.2, 0) is 29.7 Å². The van der Waals surface area contributed by atoms with Crippen LogP contribution >= 0.6 is 0 Å². The molecular formula is C40H39N5O6. The number of aryl methyl sites for hydroxylation is 2. The van der Waals surface area contributed by atoms with Gasteiger partial charge in [0.15, 0.2) is 5.69 Å². The largest absolute Gasteiger partial charge is 0.381 e. The molecule has 0 saturated heterocycles. The highest BCUT2D eigenvalue weighted by atomic mass is 16.5. The van der Waals surface area contributed by atoms with Crippen LogP contribution in [0.4, 0.5) is 5.69 Å². The second-order valence-electron chi connectivity index (χ2n) is 12.9. The van der Waals surface area contributed by atoms with Crippen LogP contribution in [0.5, 0.6) is 0 Å². The molecule has 51 heavy (non-hydrogen) atoms. The number of hydrogen-bond donors (Lipinski definition) is 2. The molecule has 0 unspecified atom stereocenters. The van der Waals surface area contributed by atoms with Crippen LogP contribution in [0.15, 0.2) is 107 Å². The lowest BCUT2D eigenvalue weighted by Gasteiger charge is -2.35. The van der Waals surface area contributed by atoms with Crippen LogP contribution in [0, 0.1) is 12.8 Å². The minimum atomic E-state index is -0.586. The molecule has 2 amide bonds. The predicted octanol–water partition coefficient (Wildman–Crippen LogP) is 6.33. The van der Waals surface area contributed by atoms with E-state index in [1.54, 1.807) is 38.4 Å². The number of pyridine rings is 1. The molecule has 3 heterocycles. The summed E-state index contributed by atoms with van der Waals surface area (Å²) in [4.78, 5) is 42.7. The van der Waals surface area contributed by atoms with Gasteiger partial charge < -0.3 is 29.6 Å². The van der Waals surface area contributed by atoms with Crippen LogP contribution in [-0.4, -0.2) is 45.4 Å². The fourth-order valence-corrected chi connectivity index (χ4v) is 6.70. The topological polar surface area (TPSA) is 144 Å². The van der Waals surface area contributed by atoms with Crippen molar-refractivity contribution in [2.24, 2.45) is 18.7 Å². The number of hydrogen-bond acceptors (Lipinski definition) is 7. The molecule has 3 aromatic carbocycles. The van der Waals surface area contributed by atoms with Crippen molar-refractivity contribution in [3.05, 3.63) is 130 Å². The van der Waals surface area contributed by atoms with E-state index in [0.717, 1.165) is 40.6 Å². The Balaban J connectivity index is 1.12. The quantitative estimate of drug-likeness (QED) is 0.145. The Hall–Kier alpha value is -5.78. The molecule has 11 heteroatoms. The normalized spacial score (nSPS) is 15.5. The highest BCUT2D eigenvalue weighted by molar-refractivity contribution is 6.11. The smallest absolute Gasteiger partial charge is 0.290 e. The third kappa shape index (κ3) is 7.26. The van der Waals surface area contributed by atoms with E-state index in [1.165, 1.54) is 10.8 Å². The molecule has 260 valence electrons. The summed E-state index contributed by atoms with van der Waals surface area (Å²) in [6.07, 6.45) is 3.61. The van der Waals surface area contributed by atoms with E-state index in [4.69, 9.17) is 19.7 Å². The van der Waals surface area contributed by atoms with Crippen molar-refractivity contribution in [3.63, 3.8) is 0 Å². The Morgan fingerprint density at radius 2 is 1.75 bits per heavy atom. The number of nitrogens with two attached hydrogens (primary N) is 1. The van der Waals surface area contributed by atoms with Gasteiger partial charge in [-0.2, -0.15) is 4.74 Å². The Morgan fingerprint density at radius 1 is 0.980 bits per heavy atom. The average Bonchev–Trinajstić information content (AvgIpc) is 3.61. The standard InChI is InChI=1S/C40H39N5O6/c1-25-35(40(48)44(2)51-25)29-13-11-28(12-14-29)34-22-30-15-16-42-36(39(47)43-32-10-6-9-31(21-32)38(41)46)37(30)45(34)17-18-50-33-19-27(20-33)24-49-23-26-7-4-3-5-8-26/h3-16,21-22,27,33H,17-20,23-24H2,1-2H3,(H2,41,46)(H,43,47). The van der Waals surface area contributed by atoms with E-state index in [2.05, 4.69) is 27.0 Å². The predicted molar refractivity (Wildman–Crippen MR) is 194 cm³/mol. The Labute approximate surface area is 294 Å². The first-order valence-corrected chi connectivity index (χ1v) is 17.0. The SMILES string of the molecule is Cc1on(C)c(=O)c1-c1ccc(-c2cc3ccnc(C(=O)Nc4cccc(C(N)=O)c4)c3n2CCOC2CC(COCc3ccccc3)C2)cc1. The van der Waals surface area contributed by atoms with Gasteiger partial charge in [0.25, 0.3) is 11.5 Å². The van der Waals surface area contributed by atoms with E-state index < -0.39 is 11.8 Å². The molecule has 1 aliphatic carbocycles. The van der Waals surface area contributed by atoms with Crippen molar-refractivity contribution in [1.82, 2.24) is 14.3 Å². The number of carbonyl (C=O) groups excluding carboxylic acids is 2. The maximum atomic E-state index is 13.7. The van der Waals surface area contributed by atoms with Crippen LogP contribution in [0.3, 0.4) is 0 Å². The van der Waals surface area contributed by atoms with Crippen LogP contribution in [0.1, 0.15) is 45.0 Å². The summed E-state index contributed by atoms with van der Waals surface area (Å²) in [6, 6.07) is 28.3. The van der Waals surface area contributed by atoms with Gasteiger partial charge >= 0.3 is 0 Å². The van der Waals surface area contributed by atoms with Gasteiger partial charge in [-0.05, 0) is 72.7 Å². The second kappa shape index (κ2) is 14.6. The van der Waals surface area contributed by atoms with Crippen molar-refractivity contribution in [1.29, 1.82) is 0 Å². The molecule has 0 spiro atoms. The van der Waals surface area contributed by atoms with Gasteiger partial charge in [0.1, 0.15) is 5.76 Å². The number of primary amides is 1. The molecule has 3 aromatic heterocycles. The van der Waals surface area contributed by atoms with Crippen molar-refractivity contribution in [2.75, 3.05) is 18.5 Å². The molecule has 0 radical (unpaired) electrons. The zero-order chi connectivity index (χ0) is 35.5. The summed E-state index contributed by atoms with van der Waals surface area (Å²) < 4.78 is 21.1. The summed E-state index contributed by atoms with van der Waals surface area (Å²) in [6.45, 7) is 3.98. The molecule has 1 saturated carbocycles. The van der Waals surface area contributed by atoms with Crippen molar-refractivity contribution in [3.8, 4) is 22.4 Å². The first kappa shape index (κ1) is 33.7. The third-order valence-corrected chi connectivity index (χ3v) is 9.35. The highest BCUT2D eigenvalue weighted by Crippen LogP contribution is 2.34. The molecular weight excluding hydrogens is 646 g/mol. The van der Waals surface area contributed by atoms with Gasteiger partial charge in [-0.1, -0.05) is 60.7 Å². The monoisotopic (exact) mass is 685 g/mol. The van der Waals surface area contributed by atoms with Gasteiger partial charge in [0.2, 0.25) is 5.91 Å². The van der Waals surface area contributed by atoms with E-state index >= 15 is 0 Å². The molecule has 7 rings (SSSR count). The lowest BCUT2D eigenvalue weighted by molar-refractivity contribution is -0.0601. The minimum Gasteiger partial charge on any atom is -0.381 e. The second-order valence-corrected chi connectivity index (χ2v) is 12.9. The average molecular weight is 686 g/mol. The molecule has 0 bridgehead atoms. The molecule has 3 N–H and O–H groups in total. The number of nitrogens with one attached hydrogen (secondary N) is 1. The van der Waals surface area contributed by atoms with Crippen LogP contribution < -0.4 is 16.6 Å². The fraction of sp³-hybridized carbons (Fsp3) is 0.250. The van der Waals surface area contributed by atoms with Crippen LogP contribution in [0.2, 0.25) is 0 Å². The number of carbonyl (C=O) groups is 2. The first-order chi connectivity index (χ1) is 24.7. The maximum Gasteiger partial charge on any atom is 0.290 e.